The molecule has 0 bridgehead atoms. The summed E-state index contributed by atoms with van der Waals surface area (Å²) in [6.07, 6.45) is 1.18. The van der Waals surface area contributed by atoms with Gasteiger partial charge in [0.1, 0.15) is 0 Å². The van der Waals surface area contributed by atoms with E-state index < -0.39 is 0 Å². The van der Waals surface area contributed by atoms with E-state index in [1.807, 2.05) is 24.3 Å². The highest BCUT2D eigenvalue weighted by Crippen LogP contribution is 2.15. The smallest absolute Gasteiger partial charge is 0.223 e. The summed E-state index contributed by atoms with van der Waals surface area (Å²) in [6.45, 7) is 1.52. The Bertz CT molecular complexity index is 438. The van der Waals surface area contributed by atoms with Crippen molar-refractivity contribution in [1.82, 2.24) is 4.90 Å². The number of aliphatic hydroxyl groups is 1. The van der Waals surface area contributed by atoms with E-state index in [-0.39, 0.29) is 18.6 Å². The van der Waals surface area contributed by atoms with Gasteiger partial charge in [-0.2, -0.15) is 0 Å². The first-order valence-electron chi connectivity index (χ1n) is 6.43. The van der Waals surface area contributed by atoms with Crippen LogP contribution in [0.1, 0.15) is 12.0 Å². The summed E-state index contributed by atoms with van der Waals surface area (Å²) in [4.78, 5) is 13.9. The van der Waals surface area contributed by atoms with Crippen LogP contribution in [0.3, 0.4) is 0 Å². The molecule has 1 aromatic rings. The van der Waals surface area contributed by atoms with Crippen molar-refractivity contribution in [3.8, 4) is 0 Å². The van der Waals surface area contributed by atoms with E-state index in [4.69, 9.17) is 4.74 Å². The minimum absolute atomic E-state index is 0.0391. The van der Waals surface area contributed by atoms with Crippen molar-refractivity contribution in [2.45, 2.75) is 18.9 Å². The number of nitrogens with zero attached hydrogens (tertiary/aromatic N) is 1. The zero-order valence-electron chi connectivity index (χ0n) is 10.7. The van der Waals surface area contributed by atoms with Crippen LogP contribution < -0.4 is 0 Å². The maximum atomic E-state index is 12.2. The molecule has 1 unspecified atom stereocenters. The minimum atomic E-state index is -0.191. The molecule has 1 saturated heterocycles. The number of rotatable bonds is 4. The second kappa shape index (κ2) is 7.03. The van der Waals surface area contributed by atoms with E-state index in [0.717, 1.165) is 10.0 Å². The van der Waals surface area contributed by atoms with E-state index in [2.05, 4.69) is 15.9 Å². The third-order valence-corrected chi connectivity index (χ3v) is 3.77. The molecule has 1 aliphatic heterocycles. The monoisotopic (exact) mass is 327 g/mol. The molecule has 19 heavy (non-hydrogen) atoms. The fraction of sp³-hybridized carbons (Fsp3) is 0.500. The molecule has 0 radical (unpaired) electrons. The molecule has 5 heteroatoms. The number of ether oxygens (including phenoxy) is 1. The van der Waals surface area contributed by atoms with Crippen LogP contribution in [0, 0.1) is 0 Å². The summed E-state index contributed by atoms with van der Waals surface area (Å²) in [7, 11) is 0. The van der Waals surface area contributed by atoms with Gasteiger partial charge in [-0.05, 0) is 24.1 Å². The zero-order valence-corrected chi connectivity index (χ0v) is 12.3. The average molecular weight is 328 g/mol. The van der Waals surface area contributed by atoms with Crippen LogP contribution >= 0.6 is 15.9 Å². The number of carbonyl (C=O) groups is 1. The van der Waals surface area contributed by atoms with Gasteiger partial charge in [0.2, 0.25) is 5.91 Å². The topological polar surface area (TPSA) is 49.8 Å². The number of benzene rings is 1. The first-order valence-corrected chi connectivity index (χ1v) is 7.22. The van der Waals surface area contributed by atoms with E-state index in [1.54, 1.807) is 4.90 Å². The van der Waals surface area contributed by atoms with Gasteiger partial charge in [-0.25, -0.2) is 0 Å². The molecule has 1 N–H and O–H groups in total. The molecule has 1 amide bonds. The molecule has 1 aliphatic rings. The largest absolute Gasteiger partial charge is 0.394 e. The Morgan fingerprint density at radius 3 is 3.11 bits per heavy atom. The minimum Gasteiger partial charge on any atom is -0.394 e. The molecule has 1 fully saturated rings. The number of aryl methyl sites for hydroxylation is 1. The lowest BCUT2D eigenvalue weighted by Gasteiger charge is -2.34. The van der Waals surface area contributed by atoms with Gasteiger partial charge in [0.25, 0.3) is 0 Å². The molecular weight excluding hydrogens is 310 g/mol. The highest BCUT2D eigenvalue weighted by molar-refractivity contribution is 9.10. The first kappa shape index (κ1) is 14.5. The van der Waals surface area contributed by atoms with Gasteiger partial charge in [-0.15, -0.1) is 0 Å². The van der Waals surface area contributed by atoms with Gasteiger partial charge in [0.05, 0.1) is 25.9 Å². The Kier molecular flexibility index (Phi) is 5.36. The Labute approximate surface area is 121 Å². The van der Waals surface area contributed by atoms with Crippen LogP contribution in [0.2, 0.25) is 0 Å². The molecule has 2 rings (SSSR count). The number of halogens is 1. The molecule has 1 heterocycles. The van der Waals surface area contributed by atoms with Crippen LogP contribution in [0.5, 0.6) is 0 Å². The zero-order chi connectivity index (χ0) is 13.7. The summed E-state index contributed by atoms with van der Waals surface area (Å²) in [5, 5.41) is 9.25. The molecule has 0 saturated carbocycles. The number of aliphatic hydroxyl groups excluding tert-OH is 1. The van der Waals surface area contributed by atoms with Crippen LogP contribution in [0.4, 0.5) is 0 Å². The van der Waals surface area contributed by atoms with E-state index in [1.165, 1.54) is 0 Å². The fourth-order valence-electron chi connectivity index (χ4n) is 2.22. The third kappa shape index (κ3) is 4.03. The van der Waals surface area contributed by atoms with Crippen molar-refractivity contribution in [2.75, 3.05) is 26.4 Å². The first-order chi connectivity index (χ1) is 9.20. The summed E-state index contributed by atoms with van der Waals surface area (Å²) >= 11 is 3.42. The van der Waals surface area contributed by atoms with Gasteiger partial charge in [-0.3, -0.25) is 4.79 Å². The third-order valence-electron chi connectivity index (χ3n) is 3.28. The number of morpholine rings is 1. The standard InChI is InChI=1S/C14H18BrNO3/c15-12-3-1-2-11(8-12)4-5-14(18)16-6-7-19-10-13(16)9-17/h1-3,8,13,17H,4-7,9-10H2. The van der Waals surface area contributed by atoms with Gasteiger partial charge in [0, 0.05) is 17.4 Å². The van der Waals surface area contributed by atoms with Crippen LogP contribution in [-0.2, 0) is 16.0 Å². The second-order valence-corrected chi connectivity index (χ2v) is 5.54. The SMILES string of the molecule is O=C(CCc1cccc(Br)c1)N1CCOCC1CO. The van der Waals surface area contributed by atoms with Gasteiger partial charge >= 0.3 is 0 Å². The number of carbonyl (C=O) groups excluding carboxylic acids is 1. The quantitative estimate of drug-likeness (QED) is 0.913. The predicted molar refractivity (Wildman–Crippen MR) is 75.9 cm³/mol. The Hall–Kier alpha value is -0.910. The highest BCUT2D eigenvalue weighted by Gasteiger charge is 2.26. The summed E-state index contributed by atoms with van der Waals surface area (Å²) in [6, 6.07) is 7.78. The van der Waals surface area contributed by atoms with Crippen molar-refractivity contribution >= 4 is 21.8 Å². The van der Waals surface area contributed by atoms with E-state index in [9.17, 15) is 9.90 Å². The van der Waals surface area contributed by atoms with Crippen molar-refractivity contribution in [3.05, 3.63) is 34.3 Å². The van der Waals surface area contributed by atoms with Crippen LogP contribution in [0.15, 0.2) is 28.7 Å². The van der Waals surface area contributed by atoms with Crippen LogP contribution in [0.25, 0.3) is 0 Å². The van der Waals surface area contributed by atoms with E-state index >= 15 is 0 Å². The highest BCUT2D eigenvalue weighted by atomic mass is 79.9. The summed E-state index contributed by atoms with van der Waals surface area (Å²) in [5.41, 5.74) is 1.14. The summed E-state index contributed by atoms with van der Waals surface area (Å²) < 4.78 is 6.30. The maximum Gasteiger partial charge on any atom is 0.223 e. The Morgan fingerprint density at radius 1 is 1.53 bits per heavy atom. The second-order valence-electron chi connectivity index (χ2n) is 4.63. The number of amides is 1. The van der Waals surface area contributed by atoms with Crippen molar-refractivity contribution in [1.29, 1.82) is 0 Å². The lowest BCUT2D eigenvalue weighted by molar-refractivity contribution is -0.141. The van der Waals surface area contributed by atoms with Crippen molar-refractivity contribution < 1.29 is 14.6 Å². The van der Waals surface area contributed by atoms with Crippen LogP contribution in [-0.4, -0.2) is 48.3 Å². The summed E-state index contributed by atoms with van der Waals surface area (Å²) in [5.74, 6) is 0.0855. The molecule has 0 spiro atoms. The average Bonchev–Trinajstić information content (AvgIpc) is 2.45. The van der Waals surface area contributed by atoms with Gasteiger partial charge in [-0.1, -0.05) is 28.1 Å². The van der Waals surface area contributed by atoms with Crippen molar-refractivity contribution in [3.63, 3.8) is 0 Å². The Morgan fingerprint density at radius 2 is 2.37 bits per heavy atom. The normalized spacial score (nSPS) is 19.5. The molecule has 1 atom stereocenters. The molecular formula is C14H18BrNO3. The van der Waals surface area contributed by atoms with Gasteiger partial charge < -0.3 is 14.7 Å². The predicted octanol–water partition coefficient (Wildman–Crippen LogP) is 1.60. The lowest BCUT2D eigenvalue weighted by atomic mass is 10.1. The van der Waals surface area contributed by atoms with Crippen molar-refractivity contribution in [2.24, 2.45) is 0 Å². The maximum absolute atomic E-state index is 12.2. The number of hydrogen-bond acceptors (Lipinski definition) is 3. The van der Waals surface area contributed by atoms with Gasteiger partial charge in [0.15, 0.2) is 0 Å². The molecule has 104 valence electrons. The Balaban J connectivity index is 1.89. The molecule has 1 aromatic carbocycles. The molecule has 0 aliphatic carbocycles. The lowest BCUT2D eigenvalue weighted by Crippen LogP contribution is -2.50. The van der Waals surface area contributed by atoms with E-state index in [0.29, 0.717) is 32.6 Å². The number of hydrogen-bond donors (Lipinski definition) is 1. The molecule has 0 aromatic heterocycles. The molecule has 4 nitrogen and oxygen atoms in total. The fourth-order valence-corrected chi connectivity index (χ4v) is 2.67.